The zero-order valence-electron chi connectivity index (χ0n) is 9.14. The van der Waals surface area contributed by atoms with Gasteiger partial charge in [0.05, 0.1) is 5.52 Å². The van der Waals surface area contributed by atoms with Crippen molar-refractivity contribution in [3.63, 3.8) is 0 Å². The summed E-state index contributed by atoms with van der Waals surface area (Å²) in [6, 6.07) is 3.82. The minimum atomic E-state index is -4.88. The first-order chi connectivity index (χ1) is 8.78. The van der Waals surface area contributed by atoms with Crippen molar-refractivity contribution in [2.75, 3.05) is 0 Å². The molecule has 0 unspecified atom stereocenters. The Labute approximate surface area is 103 Å². The second-order valence-corrected chi connectivity index (χ2v) is 3.56. The minimum Gasteiger partial charge on any atom is -0.464 e. The van der Waals surface area contributed by atoms with Crippen molar-refractivity contribution in [3.05, 3.63) is 40.7 Å². The van der Waals surface area contributed by atoms with Crippen LogP contribution in [0.15, 0.2) is 35.3 Å². The molecule has 2 rings (SSSR count). The largest absolute Gasteiger partial charge is 0.573 e. The predicted octanol–water partition coefficient (Wildman–Crippen LogP) is 2.43. The summed E-state index contributed by atoms with van der Waals surface area (Å²) >= 11 is 0. The third-order valence-electron chi connectivity index (χ3n) is 2.31. The molecule has 1 aromatic heterocycles. The maximum Gasteiger partial charge on any atom is 0.573 e. The van der Waals surface area contributed by atoms with Crippen LogP contribution in [0.2, 0.25) is 0 Å². The molecule has 0 spiro atoms. The molecule has 0 bridgehead atoms. The van der Waals surface area contributed by atoms with Gasteiger partial charge in [0.2, 0.25) is 0 Å². The van der Waals surface area contributed by atoms with Gasteiger partial charge in [0.15, 0.2) is 5.43 Å². The van der Waals surface area contributed by atoms with Gasteiger partial charge in [0, 0.05) is 17.6 Å². The molecule has 0 atom stereocenters. The number of ether oxygens (including phenoxy) is 1. The van der Waals surface area contributed by atoms with Gasteiger partial charge in [-0.1, -0.05) is 0 Å². The highest BCUT2D eigenvalue weighted by atomic mass is 19.4. The maximum atomic E-state index is 12.0. The molecule has 0 amide bonds. The van der Waals surface area contributed by atoms with Crippen LogP contribution in [0, 0.1) is 0 Å². The topological polar surface area (TPSA) is 68.5 Å². The summed E-state index contributed by atoms with van der Waals surface area (Å²) in [7, 11) is 0. The van der Waals surface area contributed by atoms with Gasteiger partial charge in [0.1, 0.15) is 5.75 Å². The summed E-state index contributed by atoms with van der Waals surface area (Å²) in [5.41, 5.74) is -0.616. The van der Waals surface area contributed by atoms with Crippen molar-refractivity contribution in [2.45, 2.75) is 6.36 Å². The third kappa shape index (κ3) is 2.67. The van der Waals surface area contributed by atoms with E-state index in [1.807, 2.05) is 0 Å². The molecule has 0 radical (unpaired) electrons. The van der Waals surface area contributed by atoms with E-state index in [-0.39, 0.29) is 10.9 Å². The Morgan fingerprint density at radius 2 is 1.95 bits per heavy atom. The van der Waals surface area contributed by atoms with Gasteiger partial charge < -0.3 is 9.84 Å². The van der Waals surface area contributed by atoms with Crippen LogP contribution in [0.5, 0.6) is 5.75 Å². The molecule has 0 saturated heterocycles. The summed E-state index contributed by atoms with van der Waals surface area (Å²) in [4.78, 5) is 22.4. The molecule has 2 aromatic rings. The van der Waals surface area contributed by atoms with E-state index in [2.05, 4.69) is 4.74 Å². The molecule has 0 saturated carbocycles. The lowest BCUT2D eigenvalue weighted by Crippen LogP contribution is -2.18. The van der Waals surface area contributed by atoms with Crippen LogP contribution < -0.4 is 10.2 Å². The van der Waals surface area contributed by atoms with Gasteiger partial charge in [-0.05, 0) is 18.2 Å². The van der Waals surface area contributed by atoms with Gasteiger partial charge in [-0.25, -0.2) is 4.79 Å². The summed E-state index contributed by atoms with van der Waals surface area (Å²) in [5.74, 6) is -0.583. The summed E-state index contributed by atoms with van der Waals surface area (Å²) in [5, 5.41) is 8.70. The highest BCUT2D eigenvalue weighted by molar-refractivity contribution is 5.88. The molecular weight excluding hydrogens is 267 g/mol. The molecule has 1 heterocycles. The number of halogens is 3. The van der Waals surface area contributed by atoms with E-state index in [9.17, 15) is 22.8 Å². The van der Waals surface area contributed by atoms with Crippen molar-refractivity contribution in [1.82, 2.24) is 4.57 Å². The smallest absolute Gasteiger partial charge is 0.464 e. The monoisotopic (exact) mass is 273 g/mol. The van der Waals surface area contributed by atoms with Crippen LogP contribution in [0.1, 0.15) is 0 Å². The van der Waals surface area contributed by atoms with E-state index >= 15 is 0 Å². The molecule has 5 nitrogen and oxygen atoms in total. The second-order valence-electron chi connectivity index (χ2n) is 3.56. The molecule has 0 aliphatic heterocycles. The number of fused-ring (bicyclic) bond motifs is 1. The number of nitrogens with zero attached hydrogens (tertiary/aromatic N) is 1. The Bertz CT molecular complexity index is 705. The Kier molecular flexibility index (Phi) is 2.93. The van der Waals surface area contributed by atoms with E-state index in [0.29, 0.717) is 0 Å². The van der Waals surface area contributed by atoms with Crippen molar-refractivity contribution in [1.29, 1.82) is 0 Å². The van der Waals surface area contributed by atoms with Gasteiger partial charge in [-0.15, -0.1) is 13.2 Å². The molecular formula is C11H6F3NO4. The Hall–Kier alpha value is -2.51. The summed E-state index contributed by atoms with van der Waals surface area (Å²) in [6.45, 7) is 0. The zero-order chi connectivity index (χ0) is 14.2. The van der Waals surface area contributed by atoms with E-state index in [0.717, 1.165) is 35.0 Å². The highest BCUT2D eigenvalue weighted by Gasteiger charge is 2.31. The molecule has 1 N–H and O–H groups in total. The fourth-order valence-electron chi connectivity index (χ4n) is 1.60. The van der Waals surface area contributed by atoms with E-state index in [4.69, 9.17) is 5.11 Å². The number of benzene rings is 1. The second kappa shape index (κ2) is 4.30. The first-order valence-corrected chi connectivity index (χ1v) is 4.92. The van der Waals surface area contributed by atoms with Crippen molar-refractivity contribution in [3.8, 4) is 5.75 Å². The van der Waals surface area contributed by atoms with Gasteiger partial charge in [-0.2, -0.15) is 0 Å². The Morgan fingerprint density at radius 1 is 1.26 bits per heavy atom. The van der Waals surface area contributed by atoms with E-state index in [1.54, 1.807) is 0 Å². The van der Waals surface area contributed by atoms with Crippen LogP contribution in [0.4, 0.5) is 18.0 Å². The zero-order valence-corrected chi connectivity index (χ0v) is 9.14. The fraction of sp³-hybridized carbons (Fsp3) is 0.0909. The number of carbonyl (C=O) groups is 1. The number of pyridine rings is 1. The number of hydrogen-bond acceptors (Lipinski definition) is 3. The number of alkyl halides is 3. The standard InChI is InChI=1S/C11H6F3NO4/c12-11(13,14)19-6-1-2-8-7(5-6)9(16)3-4-15(8)10(17)18/h1-5H,(H,17,18). The van der Waals surface area contributed by atoms with Gasteiger partial charge in [0.25, 0.3) is 0 Å². The molecule has 100 valence electrons. The van der Waals surface area contributed by atoms with E-state index in [1.165, 1.54) is 0 Å². The lowest BCUT2D eigenvalue weighted by atomic mass is 10.2. The van der Waals surface area contributed by atoms with Crippen LogP contribution in [-0.4, -0.2) is 22.1 Å². The maximum absolute atomic E-state index is 12.0. The van der Waals surface area contributed by atoms with Crippen LogP contribution in [0.25, 0.3) is 10.9 Å². The fourth-order valence-corrected chi connectivity index (χ4v) is 1.60. The SMILES string of the molecule is O=C(O)n1ccc(=O)c2cc(OC(F)(F)F)ccc21. The molecule has 8 heteroatoms. The first-order valence-electron chi connectivity index (χ1n) is 4.92. The lowest BCUT2D eigenvalue weighted by Gasteiger charge is -2.10. The average molecular weight is 273 g/mol. The van der Waals surface area contributed by atoms with Gasteiger partial charge in [-0.3, -0.25) is 9.36 Å². The van der Waals surface area contributed by atoms with Crippen LogP contribution in [0.3, 0.4) is 0 Å². The lowest BCUT2D eigenvalue weighted by molar-refractivity contribution is -0.274. The minimum absolute atomic E-state index is 0.0190. The average Bonchev–Trinajstić information content (AvgIpc) is 2.27. The molecule has 0 aliphatic rings. The van der Waals surface area contributed by atoms with Crippen LogP contribution >= 0.6 is 0 Å². The van der Waals surface area contributed by atoms with Gasteiger partial charge >= 0.3 is 12.5 Å². The van der Waals surface area contributed by atoms with Crippen LogP contribution in [-0.2, 0) is 0 Å². The molecule has 19 heavy (non-hydrogen) atoms. The van der Waals surface area contributed by atoms with Crippen molar-refractivity contribution in [2.24, 2.45) is 0 Å². The predicted molar refractivity (Wildman–Crippen MR) is 58.3 cm³/mol. The Morgan fingerprint density at radius 3 is 2.53 bits per heavy atom. The number of aromatic nitrogens is 1. The first kappa shape index (κ1) is 12.9. The number of hydrogen-bond donors (Lipinski definition) is 1. The Balaban J connectivity index is 2.64. The summed E-state index contributed by atoms with van der Waals surface area (Å²) < 4.78 is 40.5. The molecule has 1 aromatic carbocycles. The normalized spacial score (nSPS) is 11.5. The summed E-state index contributed by atoms with van der Waals surface area (Å²) in [6.07, 6.45) is -5.21. The molecule has 0 aliphatic carbocycles. The van der Waals surface area contributed by atoms with Crippen molar-refractivity contribution >= 4 is 17.0 Å². The number of rotatable bonds is 1. The van der Waals surface area contributed by atoms with Crippen molar-refractivity contribution < 1.29 is 27.8 Å². The molecule has 0 fully saturated rings. The highest BCUT2D eigenvalue weighted by Crippen LogP contribution is 2.25. The quantitative estimate of drug-likeness (QED) is 0.866. The third-order valence-corrected chi connectivity index (χ3v) is 2.31. The number of carboxylic acid groups (broad SMARTS) is 1. The van der Waals surface area contributed by atoms with E-state index < -0.39 is 23.6 Å².